The number of nitrogens with zero attached hydrogens (tertiary/aromatic N) is 2. The van der Waals surface area contributed by atoms with Crippen molar-refractivity contribution < 1.29 is 18.0 Å². The highest BCUT2D eigenvalue weighted by Crippen LogP contribution is 2.22. The average molecular weight is 536 g/mol. The molecule has 0 spiro atoms. The zero-order valence-electron chi connectivity index (χ0n) is 22.0. The molecule has 0 aromatic heterocycles. The number of carbonyl (C=O) groups is 2. The average Bonchev–Trinajstić information content (AvgIpc) is 2.76. The molecule has 0 aliphatic carbocycles. The quantitative estimate of drug-likeness (QED) is 0.442. The molecule has 0 aliphatic heterocycles. The number of hydrogen-bond donors (Lipinski definition) is 1. The largest absolute Gasteiger partial charge is 0.350 e. The van der Waals surface area contributed by atoms with Gasteiger partial charge in [-0.25, -0.2) is 8.42 Å². The first-order chi connectivity index (χ1) is 16.7. The lowest BCUT2D eigenvalue weighted by molar-refractivity contribution is -0.142. The van der Waals surface area contributed by atoms with E-state index in [1.807, 2.05) is 65.0 Å². The minimum atomic E-state index is -3.53. The van der Waals surface area contributed by atoms with Crippen LogP contribution in [0.5, 0.6) is 0 Å². The summed E-state index contributed by atoms with van der Waals surface area (Å²) in [6.45, 7) is 9.80. The van der Waals surface area contributed by atoms with E-state index >= 15 is 0 Å². The van der Waals surface area contributed by atoms with Gasteiger partial charge in [-0.05, 0) is 64.3 Å². The van der Waals surface area contributed by atoms with Crippen molar-refractivity contribution in [2.75, 3.05) is 17.1 Å². The smallest absolute Gasteiger partial charge is 0.243 e. The van der Waals surface area contributed by atoms with Crippen LogP contribution in [0.3, 0.4) is 0 Å². The maximum absolute atomic E-state index is 13.5. The predicted octanol–water partition coefficient (Wildman–Crippen LogP) is 4.92. The first-order valence-electron chi connectivity index (χ1n) is 12.1. The van der Waals surface area contributed by atoms with Crippen LogP contribution in [0.2, 0.25) is 5.02 Å². The number of rotatable bonds is 11. The number of anilines is 1. The molecule has 0 saturated heterocycles. The summed E-state index contributed by atoms with van der Waals surface area (Å²) in [4.78, 5) is 28.1. The Morgan fingerprint density at radius 1 is 1.06 bits per heavy atom. The van der Waals surface area contributed by atoms with Crippen molar-refractivity contribution in [1.82, 2.24) is 10.2 Å². The van der Waals surface area contributed by atoms with Gasteiger partial charge >= 0.3 is 0 Å². The molecule has 1 N–H and O–H groups in total. The van der Waals surface area contributed by atoms with Gasteiger partial charge in [-0.15, -0.1) is 0 Å². The second-order valence-electron chi connectivity index (χ2n) is 10.1. The van der Waals surface area contributed by atoms with Crippen LogP contribution in [0.15, 0.2) is 48.5 Å². The van der Waals surface area contributed by atoms with Crippen molar-refractivity contribution in [3.05, 3.63) is 64.7 Å². The maximum atomic E-state index is 13.5. The Morgan fingerprint density at radius 2 is 1.67 bits per heavy atom. The van der Waals surface area contributed by atoms with Gasteiger partial charge in [0.25, 0.3) is 0 Å². The third-order valence-corrected chi connectivity index (χ3v) is 7.22. The van der Waals surface area contributed by atoms with Crippen molar-refractivity contribution >= 4 is 39.1 Å². The highest BCUT2D eigenvalue weighted by atomic mass is 35.5. The number of hydrogen-bond acceptors (Lipinski definition) is 4. The van der Waals surface area contributed by atoms with E-state index in [1.54, 1.807) is 23.1 Å². The fourth-order valence-electron chi connectivity index (χ4n) is 3.90. The van der Waals surface area contributed by atoms with Gasteiger partial charge < -0.3 is 10.2 Å². The fourth-order valence-corrected chi connectivity index (χ4v) is 5.06. The summed E-state index contributed by atoms with van der Waals surface area (Å²) in [5, 5.41) is 3.49. The zero-order chi connectivity index (χ0) is 27.1. The van der Waals surface area contributed by atoms with Crippen LogP contribution < -0.4 is 9.62 Å². The lowest BCUT2D eigenvalue weighted by atomic mass is 10.0. The van der Waals surface area contributed by atoms with E-state index in [0.717, 1.165) is 17.4 Å². The lowest BCUT2D eigenvalue weighted by Crippen LogP contribution is -2.53. The second kappa shape index (κ2) is 12.6. The van der Waals surface area contributed by atoms with Crippen LogP contribution in [0.4, 0.5) is 5.69 Å². The molecular formula is C27H38ClN3O4S. The number of carbonyl (C=O) groups excluding carboxylic acids is 2. The Morgan fingerprint density at radius 3 is 2.19 bits per heavy atom. The van der Waals surface area contributed by atoms with E-state index in [9.17, 15) is 18.0 Å². The Hall–Kier alpha value is -2.58. The first-order valence-corrected chi connectivity index (χ1v) is 14.3. The molecule has 2 aromatic carbocycles. The third kappa shape index (κ3) is 8.82. The fraction of sp³-hybridized carbons (Fsp3) is 0.481. The normalized spacial score (nSPS) is 12.6. The number of aryl methyl sites for hydroxylation is 1. The molecule has 0 heterocycles. The van der Waals surface area contributed by atoms with E-state index in [2.05, 4.69) is 5.32 Å². The molecule has 7 nitrogen and oxygen atoms in total. The summed E-state index contributed by atoms with van der Waals surface area (Å²) in [5.74, 6) is -0.467. The Labute approximate surface area is 220 Å². The minimum Gasteiger partial charge on any atom is -0.350 e. The van der Waals surface area contributed by atoms with E-state index < -0.39 is 21.6 Å². The summed E-state index contributed by atoms with van der Waals surface area (Å²) >= 11 is 6.37. The second-order valence-corrected chi connectivity index (χ2v) is 12.4. The molecule has 0 fully saturated rings. The number of nitrogens with one attached hydrogen (secondary N) is 1. The third-order valence-electron chi connectivity index (χ3n) is 5.66. The van der Waals surface area contributed by atoms with Gasteiger partial charge in [-0.1, -0.05) is 54.4 Å². The van der Waals surface area contributed by atoms with E-state index in [4.69, 9.17) is 11.6 Å². The van der Waals surface area contributed by atoms with Gasteiger partial charge in [0.2, 0.25) is 21.8 Å². The topological polar surface area (TPSA) is 86.8 Å². The van der Waals surface area contributed by atoms with E-state index in [0.29, 0.717) is 23.6 Å². The molecule has 0 radical (unpaired) electrons. The van der Waals surface area contributed by atoms with Crippen LogP contribution in [0.1, 0.15) is 58.1 Å². The number of amides is 2. The molecule has 2 amide bonds. The molecule has 36 heavy (non-hydrogen) atoms. The summed E-state index contributed by atoms with van der Waals surface area (Å²) < 4.78 is 26.2. The summed E-state index contributed by atoms with van der Waals surface area (Å²) in [5.41, 5.74) is 1.87. The van der Waals surface area contributed by atoms with Crippen molar-refractivity contribution in [3.8, 4) is 0 Å². The van der Waals surface area contributed by atoms with Crippen molar-refractivity contribution in [2.24, 2.45) is 0 Å². The predicted molar refractivity (Wildman–Crippen MR) is 147 cm³/mol. The molecule has 0 bridgehead atoms. The zero-order valence-corrected chi connectivity index (χ0v) is 23.6. The van der Waals surface area contributed by atoms with E-state index in [1.165, 1.54) is 4.31 Å². The SMILES string of the molecule is CC[C@H](C(=O)NC(C)(C)C)N(Cc1ccccc1Cl)C(=O)CCCN(c1ccc(C)cc1)S(C)(=O)=O. The van der Waals surface area contributed by atoms with Crippen molar-refractivity contribution in [1.29, 1.82) is 0 Å². The van der Waals surface area contributed by atoms with Crippen LogP contribution >= 0.6 is 11.6 Å². The summed E-state index contributed by atoms with van der Waals surface area (Å²) in [7, 11) is -3.53. The Bertz CT molecular complexity index is 1140. The number of halogens is 1. The monoisotopic (exact) mass is 535 g/mol. The maximum Gasteiger partial charge on any atom is 0.243 e. The van der Waals surface area contributed by atoms with Crippen molar-refractivity contribution in [2.45, 2.75) is 72.0 Å². The highest BCUT2D eigenvalue weighted by molar-refractivity contribution is 7.92. The van der Waals surface area contributed by atoms with Crippen LogP contribution in [0, 0.1) is 6.92 Å². The number of sulfonamides is 1. The summed E-state index contributed by atoms with van der Waals surface area (Å²) in [6, 6.07) is 13.8. The van der Waals surface area contributed by atoms with Gasteiger partial charge in [-0.3, -0.25) is 13.9 Å². The molecule has 2 aromatic rings. The summed E-state index contributed by atoms with van der Waals surface area (Å²) in [6.07, 6.45) is 1.97. The molecule has 2 rings (SSSR count). The van der Waals surface area contributed by atoms with Gasteiger partial charge in [0.1, 0.15) is 6.04 Å². The first kappa shape index (κ1) is 29.6. The molecule has 198 valence electrons. The molecule has 0 unspecified atom stereocenters. The van der Waals surface area contributed by atoms with Gasteiger partial charge in [-0.2, -0.15) is 0 Å². The minimum absolute atomic E-state index is 0.0850. The van der Waals surface area contributed by atoms with Crippen LogP contribution in [-0.2, 0) is 26.2 Å². The molecule has 1 atom stereocenters. The molecule has 9 heteroatoms. The highest BCUT2D eigenvalue weighted by Gasteiger charge is 2.31. The molecule has 0 aliphatic rings. The van der Waals surface area contributed by atoms with Crippen molar-refractivity contribution in [3.63, 3.8) is 0 Å². The molecule has 0 saturated carbocycles. The van der Waals surface area contributed by atoms with Gasteiger partial charge in [0.05, 0.1) is 11.9 Å². The van der Waals surface area contributed by atoms with Crippen LogP contribution in [0.25, 0.3) is 0 Å². The standard InChI is InChI=1S/C27H38ClN3O4S/c1-7-24(26(33)29-27(3,4)5)30(19-21-11-8-9-12-23(21)28)25(32)13-10-18-31(36(6,34)35)22-16-14-20(2)15-17-22/h8-9,11-12,14-17,24H,7,10,13,18-19H2,1-6H3,(H,29,33)/t24-/m1/s1. The lowest BCUT2D eigenvalue weighted by Gasteiger charge is -2.33. The van der Waals surface area contributed by atoms with E-state index in [-0.39, 0.29) is 31.3 Å². The van der Waals surface area contributed by atoms with Gasteiger partial charge in [0.15, 0.2) is 0 Å². The van der Waals surface area contributed by atoms with Crippen LogP contribution in [-0.4, -0.2) is 49.5 Å². The molecular weight excluding hydrogens is 498 g/mol. The number of benzene rings is 2. The Kier molecular flexibility index (Phi) is 10.4. The van der Waals surface area contributed by atoms with Gasteiger partial charge in [0, 0.05) is 30.1 Å². The Balaban J connectivity index is 2.24.